The Bertz CT molecular complexity index is 862. The van der Waals surface area contributed by atoms with E-state index in [0.29, 0.717) is 17.1 Å². The SMILES string of the molecule is O=C(COC(=O)CN1C(=O)[C@@H]2[C@H]3C[C@@H]([C@H](Cl)[C@H]3Cl)[C@@H]2C1=O)Nc1cccc(Cl)c1. The van der Waals surface area contributed by atoms with Gasteiger partial charge in [0.25, 0.3) is 5.91 Å². The average molecular weight is 460 g/mol. The standard InChI is InChI=1S/C19H17Cl3N2O5/c20-8-2-1-3-9(4-8)23-12(25)7-29-13(26)6-24-18(27)14-10-5-11(15(14)19(24)28)17(22)16(10)21/h1-4,10-11,14-17H,5-7H2,(H,23,25)/t10-,11-,14-,15+,16+,17+/m1/s1. The van der Waals surface area contributed by atoms with E-state index in [1.165, 1.54) is 0 Å². The molecule has 0 radical (unpaired) electrons. The summed E-state index contributed by atoms with van der Waals surface area (Å²) < 4.78 is 4.92. The highest BCUT2D eigenvalue weighted by Crippen LogP contribution is 2.59. The molecule has 29 heavy (non-hydrogen) atoms. The third kappa shape index (κ3) is 3.60. The number of nitrogens with one attached hydrogen (secondary N) is 1. The minimum atomic E-state index is -0.842. The second-order valence-electron chi connectivity index (χ2n) is 7.49. The largest absolute Gasteiger partial charge is 0.454 e. The van der Waals surface area contributed by atoms with Crippen molar-refractivity contribution >= 4 is 64.2 Å². The Hall–Kier alpha value is -1.83. The average Bonchev–Trinajstić information content (AvgIpc) is 3.27. The Labute approximate surface area is 181 Å². The third-order valence-electron chi connectivity index (χ3n) is 5.84. The van der Waals surface area contributed by atoms with Crippen LogP contribution in [0.3, 0.4) is 0 Å². The number of likely N-dealkylation sites (tertiary alicyclic amines) is 1. The molecule has 1 heterocycles. The van der Waals surface area contributed by atoms with Crippen LogP contribution in [-0.2, 0) is 23.9 Å². The Morgan fingerprint density at radius 1 is 1.10 bits per heavy atom. The fourth-order valence-corrected chi connectivity index (χ4v) is 5.73. The molecule has 0 unspecified atom stereocenters. The van der Waals surface area contributed by atoms with Gasteiger partial charge in [0.1, 0.15) is 6.54 Å². The van der Waals surface area contributed by atoms with Crippen molar-refractivity contribution in [1.82, 2.24) is 4.90 Å². The molecule has 1 N–H and O–H groups in total. The van der Waals surface area contributed by atoms with Crippen LogP contribution in [0, 0.1) is 23.7 Å². The Kier molecular flexibility index (Phi) is 5.48. The molecule has 3 amide bonds. The van der Waals surface area contributed by atoms with Crippen molar-refractivity contribution in [2.75, 3.05) is 18.5 Å². The van der Waals surface area contributed by atoms with Crippen molar-refractivity contribution in [2.24, 2.45) is 23.7 Å². The number of imide groups is 1. The van der Waals surface area contributed by atoms with E-state index in [9.17, 15) is 19.2 Å². The summed E-state index contributed by atoms with van der Waals surface area (Å²) in [6, 6.07) is 6.50. The van der Waals surface area contributed by atoms with Crippen molar-refractivity contribution in [3.8, 4) is 0 Å². The second-order valence-corrected chi connectivity index (χ2v) is 8.93. The number of carbonyl (C=O) groups excluding carboxylic acids is 4. The smallest absolute Gasteiger partial charge is 0.326 e. The third-order valence-corrected chi connectivity index (χ3v) is 7.39. The molecule has 0 aromatic heterocycles. The van der Waals surface area contributed by atoms with E-state index in [2.05, 4.69) is 5.32 Å². The highest BCUT2D eigenvalue weighted by atomic mass is 35.5. The number of alkyl halides is 2. The maximum Gasteiger partial charge on any atom is 0.326 e. The molecular formula is C19H17Cl3N2O5. The lowest BCUT2D eigenvalue weighted by Gasteiger charge is -2.28. The summed E-state index contributed by atoms with van der Waals surface area (Å²) in [6.45, 7) is -1.08. The molecule has 3 fully saturated rings. The lowest BCUT2D eigenvalue weighted by Crippen LogP contribution is -2.38. The summed E-state index contributed by atoms with van der Waals surface area (Å²) in [5.41, 5.74) is 0.456. The van der Waals surface area contributed by atoms with Gasteiger partial charge in [-0.1, -0.05) is 17.7 Å². The second kappa shape index (κ2) is 7.78. The highest BCUT2D eigenvalue weighted by molar-refractivity contribution is 6.31. The number of amides is 3. The van der Waals surface area contributed by atoms with Gasteiger partial charge < -0.3 is 10.1 Å². The van der Waals surface area contributed by atoms with E-state index in [-0.39, 0.29) is 22.6 Å². The summed E-state index contributed by atoms with van der Waals surface area (Å²) in [5, 5.41) is 2.26. The summed E-state index contributed by atoms with van der Waals surface area (Å²) in [4.78, 5) is 50.3. The number of carbonyl (C=O) groups is 4. The number of rotatable bonds is 5. The molecule has 2 bridgehead atoms. The van der Waals surface area contributed by atoms with Crippen LogP contribution < -0.4 is 5.32 Å². The van der Waals surface area contributed by atoms with Gasteiger partial charge in [-0.2, -0.15) is 0 Å². The van der Waals surface area contributed by atoms with Crippen LogP contribution in [0.5, 0.6) is 0 Å². The first-order valence-electron chi connectivity index (χ1n) is 9.12. The first-order valence-corrected chi connectivity index (χ1v) is 10.4. The molecule has 3 aliphatic rings. The molecule has 1 saturated heterocycles. The van der Waals surface area contributed by atoms with Crippen LogP contribution >= 0.6 is 34.8 Å². The number of hydrogen-bond donors (Lipinski definition) is 1. The summed E-state index contributed by atoms with van der Waals surface area (Å²) >= 11 is 18.4. The predicted molar refractivity (Wildman–Crippen MR) is 106 cm³/mol. The highest BCUT2D eigenvalue weighted by Gasteiger charge is 2.66. The number of nitrogens with zero attached hydrogens (tertiary/aromatic N) is 1. The monoisotopic (exact) mass is 458 g/mol. The van der Waals surface area contributed by atoms with Gasteiger partial charge in [-0.05, 0) is 36.5 Å². The maximum atomic E-state index is 12.7. The topological polar surface area (TPSA) is 92.8 Å². The summed E-state index contributed by atoms with van der Waals surface area (Å²) in [7, 11) is 0. The van der Waals surface area contributed by atoms with Gasteiger partial charge >= 0.3 is 5.97 Å². The molecule has 0 spiro atoms. The van der Waals surface area contributed by atoms with Crippen molar-refractivity contribution < 1.29 is 23.9 Å². The number of hydrogen-bond acceptors (Lipinski definition) is 5. The summed E-state index contributed by atoms with van der Waals surface area (Å²) in [6.07, 6.45) is 0.650. The normalized spacial score (nSPS) is 32.4. The molecular weight excluding hydrogens is 443 g/mol. The predicted octanol–water partition coefficient (Wildman–Crippen LogP) is 2.29. The Balaban J connectivity index is 1.32. The van der Waals surface area contributed by atoms with Crippen LogP contribution in [0.2, 0.25) is 5.02 Å². The molecule has 2 saturated carbocycles. The molecule has 154 valence electrons. The van der Waals surface area contributed by atoms with Gasteiger partial charge in [-0.15, -0.1) is 23.2 Å². The Morgan fingerprint density at radius 3 is 2.31 bits per heavy atom. The number of benzene rings is 1. The zero-order valence-corrected chi connectivity index (χ0v) is 17.3. The molecule has 7 nitrogen and oxygen atoms in total. The number of esters is 1. The van der Waals surface area contributed by atoms with Crippen molar-refractivity contribution in [3.63, 3.8) is 0 Å². The van der Waals surface area contributed by atoms with E-state index in [4.69, 9.17) is 39.5 Å². The van der Waals surface area contributed by atoms with Gasteiger partial charge in [-0.25, -0.2) is 0 Å². The minimum absolute atomic E-state index is 0.157. The lowest BCUT2D eigenvalue weighted by atomic mass is 9.80. The minimum Gasteiger partial charge on any atom is -0.454 e. The quantitative estimate of drug-likeness (QED) is 0.414. The lowest BCUT2D eigenvalue weighted by molar-refractivity contribution is -0.154. The number of fused-ring (bicyclic) bond motifs is 5. The van der Waals surface area contributed by atoms with Crippen LogP contribution in [0.4, 0.5) is 5.69 Å². The van der Waals surface area contributed by atoms with E-state index in [1.807, 2.05) is 0 Å². The maximum absolute atomic E-state index is 12.7. The van der Waals surface area contributed by atoms with Crippen molar-refractivity contribution in [1.29, 1.82) is 0 Å². The molecule has 2 aliphatic carbocycles. The van der Waals surface area contributed by atoms with Gasteiger partial charge in [0.15, 0.2) is 6.61 Å². The summed E-state index contributed by atoms with van der Waals surface area (Å²) in [5.74, 6) is -3.60. The molecule has 1 aromatic rings. The molecule has 10 heteroatoms. The number of halogens is 3. The Morgan fingerprint density at radius 2 is 1.72 bits per heavy atom. The van der Waals surface area contributed by atoms with Crippen molar-refractivity contribution in [2.45, 2.75) is 17.2 Å². The first kappa shape index (κ1) is 20.4. The van der Waals surface area contributed by atoms with Gasteiger partial charge in [0, 0.05) is 10.7 Å². The van der Waals surface area contributed by atoms with E-state index in [1.54, 1.807) is 24.3 Å². The number of anilines is 1. The van der Waals surface area contributed by atoms with Crippen LogP contribution in [0.1, 0.15) is 6.42 Å². The molecule has 4 rings (SSSR count). The zero-order valence-electron chi connectivity index (χ0n) is 15.0. The van der Waals surface area contributed by atoms with Crippen molar-refractivity contribution in [3.05, 3.63) is 29.3 Å². The fourth-order valence-electron chi connectivity index (χ4n) is 4.65. The van der Waals surface area contributed by atoms with Crippen LogP contribution in [-0.4, -0.2) is 52.5 Å². The van der Waals surface area contributed by atoms with Gasteiger partial charge in [0.05, 0.1) is 22.6 Å². The van der Waals surface area contributed by atoms with Gasteiger partial charge in [0.2, 0.25) is 11.8 Å². The zero-order chi connectivity index (χ0) is 20.9. The van der Waals surface area contributed by atoms with Crippen LogP contribution in [0.15, 0.2) is 24.3 Å². The van der Waals surface area contributed by atoms with Gasteiger partial charge in [-0.3, -0.25) is 24.1 Å². The van der Waals surface area contributed by atoms with E-state index >= 15 is 0 Å². The molecule has 1 aromatic carbocycles. The fraction of sp³-hybridized carbons (Fsp3) is 0.474. The molecule has 1 aliphatic heterocycles. The number of ether oxygens (including phenoxy) is 1. The molecule has 6 atom stereocenters. The van der Waals surface area contributed by atoms with E-state index < -0.39 is 48.7 Å². The van der Waals surface area contributed by atoms with E-state index in [0.717, 1.165) is 4.90 Å². The van der Waals surface area contributed by atoms with Crippen LogP contribution in [0.25, 0.3) is 0 Å². The first-order chi connectivity index (χ1) is 13.8.